The average Bonchev–Trinajstić information content (AvgIpc) is 2.56. The second-order valence-electron chi connectivity index (χ2n) is 4.90. The molecule has 0 N–H and O–H groups in total. The maximum atomic E-state index is 5.59. The molecule has 0 radical (unpaired) electrons. The van der Waals surface area contributed by atoms with Crippen molar-refractivity contribution >= 4 is 10.8 Å². The molecule has 2 aliphatic rings. The minimum atomic E-state index is 0.220. The van der Waals surface area contributed by atoms with Crippen LogP contribution < -0.4 is 5.55 Å². The molecule has 1 aliphatic carbocycles. The highest BCUT2D eigenvalue weighted by atomic mass is 16.5. The molecule has 2 heterocycles. The SMILES string of the molecule is C1=CC2=C(N=c3occc4ccccc34)OC=CC2C=C1. The molecule has 1 aliphatic heterocycles. The molecule has 1 aromatic carbocycles. The fraction of sp³-hybridized carbons (Fsp3) is 0.0556. The van der Waals surface area contributed by atoms with Crippen molar-refractivity contribution in [1.82, 2.24) is 0 Å². The molecule has 3 heteroatoms. The summed E-state index contributed by atoms with van der Waals surface area (Å²) in [6, 6.07) is 9.94. The Morgan fingerprint density at radius 3 is 2.95 bits per heavy atom. The third-order valence-electron chi connectivity index (χ3n) is 3.60. The van der Waals surface area contributed by atoms with Crippen LogP contribution in [0.2, 0.25) is 0 Å². The topological polar surface area (TPSA) is 34.7 Å². The van der Waals surface area contributed by atoms with Crippen molar-refractivity contribution in [2.45, 2.75) is 0 Å². The lowest BCUT2D eigenvalue weighted by Gasteiger charge is -2.18. The van der Waals surface area contributed by atoms with Crippen molar-refractivity contribution in [3.05, 3.63) is 90.2 Å². The van der Waals surface area contributed by atoms with Gasteiger partial charge in [-0.05, 0) is 23.6 Å². The van der Waals surface area contributed by atoms with Crippen LogP contribution in [0.15, 0.2) is 94.1 Å². The van der Waals surface area contributed by atoms with Gasteiger partial charge in [-0.25, -0.2) is 0 Å². The lowest BCUT2D eigenvalue weighted by atomic mass is 9.94. The minimum Gasteiger partial charge on any atom is -0.447 e. The van der Waals surface area contributed by atoms with Gasteiger partial charge in [0.1, 0.15) is 0 Å². The molecular weight excluding hydrogens is 262 g/mol. The summed E-state index contributed by atoms with van der Waals surface area (Å²) >= 11 is 0. The Morgan fingerprint density at radius 2 is 1.95 bits per heavy atom. The number of hydrogen-bond acceptors (Lipinski definition) is 3. The molecule has 3 nitrogen and oxygen atoms in total. The van der Waals surface area contributed by atoms with Gasteiger partial charge in [0.2, 0.25) is 11.4 Å². The second kappa shape index (κ2) is 4.94. The molecule has 1 unspecified atom stereocenters. The van der Waals surface area contributed by atoms with Crippen LogP contribution in [0.3, 0.4) is 0 Å². The van der Waals surface area contributed by atoms with Crippen molar-refractivity contribution in [2.24, 2.45) is 10.9 Å². The first-order valence-corrected chi connectivity index (χ1v) is 6.85. The molecule has 4 rings (SSSR count). The normalized spacial score (nSPS) is 20.8. The van der Waals surface area contributed by atoms with Crippen molar-refractivity contribution in [2.75, 3.05) is 0 Å². The van der Waals surface area contributed by atoms with Crippen LogP contribution in [0, 0.1) is 5.92 Å². The van der Waals surface area contributed by atoms with E-state index in [2.05, 4.69) is 11.1 Å². The van der Waals surface area contributed by atoms with Gasteiger partial charge in [0.05, 0.1) is 12.5 Å². The first-order valence-electron chi connectivity index (χ1n) is 6.85. The molecule has 0 spiro atoms. The predicted octanol–water partition coefficient (Wildman–Crippen LogP) is 3.83. The van der Waals surface area contributed by atoms with E-state index >= 15 is 0 Å². The number of nitrogens with zero attached hydrogens (tertiary/aromatic N) is 1. The monoisotopic (exact) mass is 275 g/mol. The summed E-state index contributed by atoms with van der Waals surface area (Å²) in [7, 11) is 0. The smallest absolute Gasteiger partial charge is 0.229 e. The Bertz CT molecular complexity index is 876. The zero-order valence-corrected chi connectivity index (χ0v) is 11.3. The zero-order valence-electron chi connectivity index (χ0n) is 11.3. The van der Waals surface area contributed by atoms with Crippen LogP contribution in [-0.2, 0) is 4.74 Å². The van der Waals surface area contributed by atoms with Gasteiger partial charge in [-0.2, -0.15) is 4.99 Å². The largest absolute Gasteiger partial charge is 0.447 e. The minimum absolute atomic E-state index is 0.220. The highest BCUT2D eigenvalue weighted by Gasteiger charge is 2.18. The molecule has 0 saturated carbocycles. The zero-order chi connectivity index (χ0) is 14.1. The quantitative estimate of drug-likeness (QED) is 0.792. The van der Waals surface area contributed by atoms with Gasteiger partial charge in [0.25, 0.3) is 0 Å². The van der Waals surface area contributed by atoms with Crippen molar-refractivity contribution in [3.8, 4) is 0 Å². The number of rotatable bonds is 1. The van der Waals surface area contributed by atoms with Gasteiger partial charge in [0.15, 0.2) is 0 Å². The van der Waals surface area contributed by atoms with Gasteiger partial charge in [0, 0.05) is 16.9 Å². The predicted molar refractivity (Wildman–Crippen MR) is 80.8 cm³/mol. The molecular formula is C18H13NO2. The van der Waals surface area contributed by atoms with E-state index in [9.17, 15) is 0 Å². The molecule has 1 atom stereocenters. The van der Waals surface area contributed by atoms with Crippen molar-refractivity contribution in [3.63, 3.8) is 0 Å². The highest BCUT2D eigenvalue weighted by molar-refractivity contribution is 5.80. The maximum Gasteiger partial charge on any atom is 0.229 e. The molecule has 0 bridgehead atoms. The van der Waals surface area contributed by atoms with Crippen LogP contribution in [0.1, 0.15) is 0 Å². The lowest BCUT2D eigenvalue weighted by molar-refractivity contribution is 0.319. The van der Waals surface area contributed by atoms with E-state index < -0.39 is 0 Å². The molecule has 102 valence electrons. The summed E-state index contributed by atoms with van der Waals surface area (Å²) in [6.07, 6.45) is 13.5. The fourth-order valence-electron chi connectivity index (χ4n) is 2.54. The van der Waals surface area contributed by atoms with E-state index in [0.717, 1.165) is 16.3 Å². The van der Waals surface area contributed by atoms with Crippen molar-refractivity contribution in [1.29, 1.82) is 0 Å². The number of hydrogen-bond donors (Lipinski definition) is 0. The van der Waals surface area contributed by atoms with Gasteiger partial charge >= 0.3 is 0 Å². The maximum absolute atomic E-state index is 5.59. The van der Waals surface area contributed by atoms with Gasteiger partial charge in [-0.15, -0.1) is 0 Å². The van der Waals surface area contributed by atoms with E-state index in [1.165, 1.54) is 0 Å². The summed E-state index contributed by atoms with van der Waals surface area (Å²) in [6.45, 7) is 0. The number of allylic oxidation sites excluding steroid dienone is 6. The van der Waals surface area contributed by atoms with E-state index in [0.29, 0.717) is 11.4 Å². The highest BCUT2D eigenvalue weighted by Crippen LogP contribution is 2.28. The molecule has 2 aromatic rings. The third kappa shape index (κ3) is 2.13. The van der Waals surface area contributed by atoms with Crippen molar-refractivity contribution < 1.29 is 9.15 Å². The summed E-state index contributed by atoms with van der Waals surface area (Å²) in [4.78, 5) is 4.58. The number of fused-ring (bicyclic) bond motifs is 2. The van der Waals surface area contributed by atoms with Crippen LogP contribution in [0.25, 0.3) is 10.8 Å². The standard InChI is InChI=1S/C18H13NO2/c1-3-7-15-13(5-1)9-11-20-17(15)19-18-16-8-4-2-6-14(16)10-12-21-18/h1-13H. The van der Waals surface area contributed by atoms with Gasteiger partial charge in [-0.1, -0.05) is 42.5 Å². The van der Waals surface area contributed by atoms with Gasteiger partial charge < -0.3 is 9.15 Å². The van der Waals surface area contributed by atoms with E-state index in [1.807, 2.05) is 54.6 Å². The Hall–Kier alpha value is -2.81. The lowest BCUT2D eigenvalue weighted by Crippen LogP contribution is -2.10. The third-order valence-corrected chi connectivity index (χ3v) is 3.60. The number of benzene rings is 1. The van der Waals surface area contributed by atoms with Crippen LogP contribution >= 0.6 is 0 Å². The molecule has 0 amide bonds. The summed E-state index contributed by atoms with van der Waals surface area (Å²) in [5, 5.41) is 2.06. The van der Waals surface area contributed by atoms with E-state index in [4.69, 9.17) is 9.15 Å². The van der Waals surface area contributed by atoms with E-state index in [1.54, 1.807) is 12.5 Å². The molecule has 0 saturated heterocycles. The first kappa shape index (κ1) is 12.0. The fourth-order valence-corrected chi connectivity index (χ4v) is 2.54. The number of ether oxygens (including phenoxy) is 1. The second-order valence-corrected chi connectivity index (χ2v) is 4.90. The Morgan fingerprint density at radius 1 is 1.00 bits per heavy atom. The molecule has 1 aromatic heterocycles. The Balaban J connectivity index is 1.92. The Labute approximate surface area is 121 Å². The first-order chi connectivity index (χ1) is 10.4. The van der Waals surface area contributed by atoms with Crippen LogP contribution in [-0.4, -0.2) is 0 Å². The summed E-state index contributed by atoms with van der Waals surface area (Å²) in [5.74, 6) is 0.806. The van der Waals surface area contributed by atoms with Crippen LogP contribution in [0.4, 0.5) is 0 Å². The molecule has 0 fully saturated rings. The summed E-state index contributed by atoms with van der Waals surface area (Å²) < 4.78 is 11.2. The van der Waals surface area contributed by atoms with Crippen LogP contribution in [0.5, 0.6) is 0 Å². The molecule has 21 heavy (non-hydrogen) atoms. The summed E-state index contributed by atoms with van der Waals surface area (Å²) in [5.41, 5.74) is 1.61. The van der Waals surface area contributed by atoms with Gasteiger partial charge in [-0.3, -0.25) is 0 Å². The van der Waals surface area contributed by atoms with E-state index in [-0.39, 0.29) is 5.92 Å². The average molecular weight is 275 g/mol. The Kier molecular flexibility index (Phi) is 2.82.